The summed E-state index contributed by atoms with van der Waals surface area (Å²) in [4.78, 5) is 4.71. The molecule has 0 radical (unpaired) electrons. The molecule has 1 N–H and O–H groups in total. The summed E-state index contributed by atoms with van der Waals surface area (Å²) in [5.41, 5.74) is 5.20. The van der Waals surface area contributed by atoms with Crippen molar-refractivity contribution >= 4 is 6.21 Å². The molecule has 0 heterocycles. The van der Waals surface area contributed by atoms with Crippen molar-refractivity contribution in [2.75, 3.05) is 0 Å². The molecular weight excluding hydrogens is 282 g/mol. The minimum atomic E-state index is 0.337. The van der Waals surface area contributed by atoms with Crippen molar-refractivity contribution in [2.24, 2.45) is 4.99 Å². The number of benzene rings is 2. The van der Waals surface area contributed by atoms with Crippen molar-refractivity contribution in [3.8, 4) is 16.9 Å². The predicted molar refractivity (Wildman–Crippen MR) is 97.5 cm³/mol. The summed E-state index contributed by atoms with van der Waals surface area (Å²) in [6.07, 6.45) is 8.09. The molecule has 2 aromatic carbocycles. The Morgan fingerprint density at radius 3 is 2.30 bits per heavy atom. The van der Waals surface area contributed by atoms with Gasteiger partial charge in [-0.1, -0.05) is 49.6 Å². The number of hydrogen-bond acceptors (Lipinski definition) is 2. The first kappa shape index (κ1) is 15.8. The highest BCUT2D eigenvalue weighted by Crippen LogP contribution is 2.35. The Morgan fingerprint density at radius 1 is 0.957 bits per heavy atom. The molecule has 1 aliphatic carbocycles. The first-order chi connectivity index (χ1) is 11.2. The van der Waals surface area contributed by atoms with Gasteiger partial charge in [-0.15, -0.1) is 0 Å². The van der Waals surface area contributed by atoms with Gasteiger partial charge in [-0.05, 0) is 49.4 Å². The lowest BCUT2D eigenvalue weighted by Crippen LogP contribution is -2.09. The number of aryl methyl sites for hydroxylation is 2. The van der Waals surface area contributed by atoms with Gasteiger partial charge >= 0.3 is 0 Å². The zero-order valence-electron chi connectivity index (χ0n) is 14.0. The third kappa shape index (κ3) is 3.47. The fourth-order valence-corrected chi connectivity index (χ4v) is 3.52. The highest BCUT2D eigenvalue weighted by atomic mass is 16.3. The number of phenolic OH excluding ortho intramolecular Hbond substituents is 1. The summed E-state index contributed by atoms with van der Waals surface area (Å²) in [6, 6.07) is 12.6. The molecule has 23 heavy (non-hydrogen) atoms. The zero-order valence-corrected chi connectivity index (χ0v) is 14.0. The summed E-state index contributed by atoms with van der Waals surface area (Å²) < 4.78 is 0. The monoisotopic (exact) mass is 307 g/mol. The lowest BCUT2D eigenvalue weighted by atomic mass is 9.93. The second-order valence-electron chi connectivity index (χ2n) is 6.58. The number of rotatable bonds is 3. The van der Waals surface area contributed by atoms with Gasteiger partial charge in [0, 0.05) is 23.4 Å². The molecule has 1 fully saturated rings. The maximum atomic E-state index is 10.7. The van der Waals surface area contributed by atoms with E-state index in [0.29, 0.717) is 11.8 Å². The Kier molecular flexibility index (Phi) is 4.80. The molecule has 2 aromatic rings. The van der Waals surface area contributed by atoms with Gasteiger partial charge in [0.2, 0.25) is 0 Å². The van der Waals surface area contributed by atoms with E-state index in [-0.39, 0.29) is 0 Å². The van der Waals surface area contributed by atoms with Gasteiger partial charge in [-0.2, -0.15) is 0 Å². The number of hydrogen-bond donors (Lipinski definition) is 1. The topological polar surface area (TPSA) is 32.6 Å². The third-order valence-electron chi connectivity index (χ3n) is 4.82. The van der Waals surface area contributed by atoms with E-state index in [2.05, 4.69) is 32.0 Å². The summed E-state index contributed by atoms with van der Waals surface area (Å²) >= 11 is 0. The van der Waals surface area contributed by atoms with Crippen LogP contribution < -0.4 is 0 Å². The van der Waals surface area contributed by atoms with Gasteiger partial charge < -0.3 is 5.11 Å². The van der Waals surface area contributed by atoms with Crippen molar-refractivity contribution in [3.05, 3.63) is 53.1 Å². The molecule has 120 valence electrons. The molecule has 0 bridgehead atoms. The van der Waals surface area contributed by atoms with Crippen LogP contribution in [-0.2, 0) is 0 Å². The van der Waals surface area contributed by atoms with E-state index < -0.39 is 0 Å². The summed E-state index contributed by atoms with van der Waals surface area (Å²) in [6.45, 7) is 4.18. The minimum absolute atomic E-state index is 0.337. The van der Waals surface area contributed by atoms with Crippen molar-refractivity contribution in [1.82, 2.24) is 0 Å². The molecule has 0 atom stereocenters. The smallest absolute Gasteiger partial charge is 0.132 e. The van der Waals surface area contributed by atoms with Crippen LogP contribution in [0.15, 0.2) is 41.4 Å². The average Bonchev–Trinajstić information content (AvgIpc) is 2.56. The van der Waals surface area contributed by atoms with Crippen LogP contribution in [0, 0.1) is 13.8 Å². The maximum absolute atomic E-state index is 10.7. The molecule has 3 rings (SSSR count). The molecule has 1 aliphatic rings. The van der Waals surface area contributed by atoms with Crippen LogP contribution in [-0.4, -0.2) is 17.4 Å². The van der Waals surface area contributed by atoms with Gasteiger partial charge in [-0.25, -0.2) is 0 Å². The quantitative estimate of drug-likeness (QED) is 0.754. The fraction of sp³-hybridized carbons (Fsp3) is 0.381. The van der Waals surface area contributed by atoms with Crippen molar-refractivity contribution in [3.63, 3.8) is 0 Å². The highest BCUT2D eigenvalue weighted by molar-refractivity contribution is 5.89. The van der Waals surface area contributed by atoms with Crippen molar-refractivity contribution < 1.29 is 5.11 Å². The molecule has 0 aromatic heterocycles. The van der Waals surface area contributed by atoms with E-state index in [1.165, 1.54) is 43.2 Å². The minimum Gasteiger partial charge on any atom is -0.507 e. The predicted octanol–water partition coefficient (Wildman–Crippen LogP) is 5.43. The first-order valence-electron chi connectivity index (χ1n) is 8.58. The molecule has 0 aliphatic heterocycles. The molecule has 0 amide bonds. The number of para-hydroxylation sites is 1. The van der Waals surface area contributed by atoms with Gasteiger partial charge in [-0.3, -0.25) is 4.99 Å². The lowest BCUT2D eigenvalue weighted by Gasteiger charge is -2.17. The zero-order chi connectivity index (χ0) is 16.2. The molecule has 0 unspecified atom stereocenters. The Hall–Kier alpha value is -2.09. The van der Waals surface area contributed by atoms with Gasteiger partial charge in [0.05, 0.1) is 0 Å². The van der Waals surface area contributed by atoms with E-state index >= 15 is 0 Å². The van der Waals surface area contributed by atoms with Crippen LogP contribution in [0.2, 0.25) is 0 Å². The number of aliphatic imine (C=N–C) groups is 1. The second-order valence-corrected chi connectivity index (χ2v) is 6.58. The van der Waals surface area contributed by atoms with Crippen LogP contribution in [0.3, 0.4) is 0 Å². The van der Waals surface area contributed by atoms with Crippen LogP contribution in [0.4, 0.5) is 0 Å². The Morgan fingerprint density at radius 2 is 1.61 bits per heavy atom. The normalized spacial score (nSPS) is 16.1. The Labute approximate surface area is 138 Å². The largest absolute Gasteiger partial charge is 0.507 e. The van der Waals surface area contributed by atoms with Crippen LogP contribution in [0.1, 0.15) is 48.8 Å². The van der Waals surface area contributed by atoms with E-state index in [4.69, 9.17) is 4.99 Å². The molecule has 2 heteroatoms. The van der Waals surface area contributed by atoms with Crippen LogP contribution >= 0.6 is 0 Å². The number of nitrogens with zero attached hydrogens (tertiary/aromatic N) is 1. The average molecular weight is 307 g/mol. The lowest BCUT2D eigenvalue weighted by molar-refractivity contribution is 0.444. The van der Waals surface area contributed by atoms with Gasteiger partial charge in [0.15, 0.2) is 0 Å². The summed E-state index contributed by atoms with van der Waals surface area (Å²) in [5, 5.41) is 10.7. The van der Waals surface area contributed by atoms with E-state index in [0.717, 1.165) is 16.7 Å². The summed E-state index contributed by atoms with van der Waals surface area (Å²) in [7, 11) is 0. The highest BCUT2D eigenvalue weighted by Gasteiger charge is 2.14. The third-order valence-corrected chi connectivity index (χ3v) is 4.82. The molecule has 0 spiro atoms. The molecular formula is C21H25NO. The van der Waals surface area contributed by atoms with Crippen LogP contribution in [0.5, 0.6) is 5.75 Å². The number of phenols is 1. The van der Waals surface area contributed by atoms with Gasteiger partial charge in [0.1, 0.15) is 5.75 Å². The van der Waals surface area contributed by atoms with E-state index in [1.54, 1.807) is 0 Å². The standard InChI is InChI=1S/C21H25NO/c1-15-8-6-9-16(2)20(15)19-13-7-10-17(21(19)23)14-22-18-11-4-3-5-12-18/h6-10,13-14,18,23H,3-5,11-12H2,1-2H3. The Balaban J connectivity index is 1.94. The Bertz CT molecular complexity index is 692. The molecule has 0 saturated heterocycles. The fourth-order valence-electron chi connectivity index (χ4n) is 3.52. The maximum Gasteiger partial charge on any atom is 0.132 e. The van der Waals surface area contributed by atoms with E-state index in [9.17, 15) is 5.11 Å². The second kappa shape index (κ2) is 6.99. The van der Waals surface area contributed by atoms with Gasteiger partial charge in [0.25, 0.3) is 0 Å². The summed E-state index contributed by atoms with van der Waals surface area (Å²) in [5.74, 6) is 0.337. The molecule has 2 nitrogen and oxygen atoms in total. The first-order valence-corrected chi connectivity index (χ1v) is 8.58. The van der Waals surface area contributed by atoms with Crippen molar-refractivity contribution in [2.45, 2.75) is 52.0 Å². The molecule has 1 saturated carbocycles. The number of aromatic hydroxyl groups is 1. The SMILES string of the molecule is Cc1cccc(C)c1-c1cccc(C=NC2CCCCC2)c1O. The van der Waals surface area contributed by atoms with Crippen molar-refractivity contribution in [1.29, 1.82) is 0 Å². The van der Waals surface area contributed by atoms with Crippen LogP contribution in [0.25, 0.3) is 11.1 Å². The van der Waals surface area contributed by atoms with E-state index in [1.807, 2.05) is 24.4 Å².